The lowest BCUT2D eigenvalue weighted by molar-refractivity contribution is 0.535. The van der Waals surface area contributed by atoms with Gasteiger partial charge in [0.25, 0.3) is 0 Å². The summed E-state index contributed by atoms with van der Waals surface area (Å²) in [6, 6.07) is 8.69. The lowest BCUT2D eigenvalue weighted by atomic mass is 10.0. The monoisotopic (exact) mass is 407 g/mol. The van der Waals surface area contributed by atoms with Crippen LogP contribution in [0, 0.1) is 6.92 Å². The molecule has 4 heteroatoms. The molecular weight excluding hydrogens is 374 g/mol. The Morgan fingerprint density at radius 2 is 1.86 bits per heavy atom. The molecule has 0 bridgehead atoms. The van der Waals surface area contributed by atoms with Gasteiger partial charge in [-0.15, -0.1) is 11.8 Å². The van der Waals surface area contributed by atoms with Gasteiger partial charge in [-0.1, -0.05) is 60.2 Å². The Labute approximate surface area is 180 Å². The predicted molar refractivity (Wildman–Crippen MR) is 128 cm³/mol. The van der Waals surface area contributed by atoms with Crippen LogP contribution in [0.2, 0.25) is 0 Å². The molecule has 2 aromatic rings. The smallest absolute Gasteiger partial charge is 0.0680 e. The van der Waals surface area contributed by atoms with Crippen molar-refractivity contribution in [2.45, 2.75) is 39.9 Å². The third kappa shape index (κ3) is 7.47. The molecule has 0 amide bonds. The highest BCUT2D eigenvalue weighted by Crippen LogP contribution is 2.27. The number of aryl methyl sites for hydroxylation is 2. The molecule has 0 aliphatic rings. The summed E-state index contributed by atoms with van der Waals surface area (Å²) in [4.78, 5) is 2.22. The third-order valence-corrected chi connectivity index (χ3v) is 5.74. The molecule has 0 unspecified atom stereocenters. The highest BCUT2D eigenvalue weighted by molar-refractivity contribution is 8.02. The zero-order chi connectivity index (χ0) is 21.4. The molecule has 3 nitrogen and oxygen atoms in total. The number of nitrogens with zero attached hydrogens (tertiary/aromatic N) is 3. The topological polar surface area (TPSA) is 21.1 Å². The van der Waals surface area contributed by atoms with E-state index in [2.05, 4.69) is 93.6 Å². The van der Waals surface area contributed by atoms with Gasteiger partial charge in [-0.2, -0.15) is 5.10 Å². The van der Waals surface area contributed by atoms with Crippen LogP contribution < -0.4 is 0 Å². The van der Waals surface area contributed by atoms with Gasteiger partial charge >= 0.3 is 0 Å². The lowest BCUT2D eigenvalue weighted by Crippen LogP contribution is -2.18. The number of hydrogen-bond donors (Lipinski definition) is 0. The van der Waals surface area contributed by atoms with E-state index in [-0.39, 0.29) is 0 Å². The maximum Gasteiger partial charge on any atom is 0.0680 e. The molecule has 1 aromatic heterocycles. The van der Waals surface area contributed by atoms with Crippen LogP contribution in [0.25, 0.3) is 0 Å². The first-order chi connectivity index (χ1) is 13.8. The first-order valence-corrected chi connectivity index (χ1v) is 10.9. The number of allylic oxidation sites excluding steroid dienone is 3. The molecule has 2 rings (SSSR count). The van der Waals surface area contributed by atoms with E-state index < -0.39 is 0 Å². The highest BCUT2D eigenvalue weighted by Gasteiger charge is 2.11. The van der Waals surface area contributed by atoms with E-state index in [1.807, 2.05) is 17.9 Å². The molecule has 0 saturated heterocycles. The van der Waals surface area contributed by atoms with Crippen molar-refractivity contribution in [2.75, 3.05) is 6.54 Å². The van der Waals surface area contributed by atoms with Gasteiger partial charge in [0.05, 0.1) is 11.2 Å². The van der Waals surface area contributed by atoms with E-state index in [0.717, 1.165) is 29.3 Å². The molecule has 0 radical (unpaired) electrons. The van der Waals surface area contributed by atoms with Crippen LogP contribution in [-0.4, -0.2) is 21.2 Å². The molecule has 0 N–H and O–H groups in total. The molecule has 154 valence electrons. The fourth-order valence-electron chi connectivity index (χ4n) is 2.87. The Bertz CT molecular complexity index is 900. The Morgan fingerprint density at radius 1 is 1.17 bits per heavy atom. The van der Waals surface area contributed by atoms with Gasteiger partial charge in [-0.25, -0.2) is 0 Å². The first kappa shape index (κ1) is 22.8. The molecule has 1 aromatic carbocycles. The van der Waals surface area contributed by atoms with Crippen LogP contribution >= 0.6 is 11.8 Å². The summed E-state index contributed by atoms with van der Waals surface area (Å²) in [7, 11) is 1.95. The van der Waals surface area contributed by atoms with Crippen molar-refractivity contribution in [1.82, 2.24) is 14.7 Å². The molecule has 0 aliphatic carbocycles. The van der Waals surface area contributed by atoms with Crippen molar-refractivity contribution >= 4 is 11.8 Å². The minimum absolute atomic E-state index is 0.757. The van der Waals surface area contributed by atoms with Crippen LogP contribution in [0.15, 0.2) is 83.8 Å². The molecule has 29 heavy (non-hydrogen) atoms. The molecule has 0 atom stereocenters. The maximum atomic E-state index is 4.36. The van der Waals surface area contributed by atoms with Gasteiger partial charge in [-0.3, -0.25) is 4.68 Å². The van der Waals surface area contributed by atoms with Gasteiger partial charge in [-0.05, 0) is 44.4 Å². The van der Waals surface area contributed by atoms with Gasteiger partial charge in [0.1, 0.15) is 0 Å². The molecule has 0 saturated carbocycles. The van der Waals surface area contributed by atoms with Crippen molar-refractivity contribution in [3.63, 3.8) is 0 Å². The number of hydrogen-bond acceptors (Lipinski definition) is 3. The minimum Gasteiger partial charge on any atom is -0.339 e. The lowest BCUT2D eigenvalue weighted by Gasteiger charge is -2.24. The fraction of sp³-hybridized carbons (Fsp3) is 0.320. The van der Waals surface area contributed by atoms with Crippen LogP contribution in [0.1, 0.15) is 37.5 Å². The minimum atomic E-state index is 0.757. The average molecular weight is 408 g/mol. The average Bonchev–Trinajstić information content (AvgIpc) is 3.09. The number of aromatic nitrogens is 2. The Hall–Kier alpha value is -2.46. The molecule has 1 heterocycles. The van der Waals surface area contributed by atoms with Crippen LogP contribution in [-0.2, 0) is 19.2 Å². The Morgan fingerprint density at radius 3 is 2.41 bits per heavy atom. The van der Waals surface area contributed by atoms with E-state index >= 15 is 0 Å². The summed E-state index contributed by atoms with van der Waals surface area (Å²) >= 11 is 1.77. The van der Waals surface area contributed by atoms with Crippen molar-refractivity contribution in [3.05, 3.63) is 101 Å². The van der Waals surface area contributed by atoms with E-state index in [1.54, 1.807) is 11.8 Å². The van der Waals surface area contributed by atoms with Gasteiger partial charge in [0.15, 0.2) is 0 Å². The number of thioether (sulfide) groups is 1. The van der Waals surface area contributed by atoms with Crippen molar-refractivity contribution in [1.29, 1.82) is 0 Å². The van der Waals surface area contributed by atoms with Gasteiger partial charge in [0, 0.05) is 38.2 Å². The Kier molecular flexibility index (Phi) is 8.59. The SMILES string of the molecule is C=C(C)CN(/C=C(/Cc1cnn(C)c1)C(C)=CC)C(=C)SCc1ccc(C)cc1. The van der Waals surface area contributed by atoms with Crippen LogP contribution in [0.4, 0.5) is 0 Å². The quantitative estimate of drug-likeness (QED) is 0.336. The van der Waals surface area contributed by atoms with Crippen molar-refractivity contribution in [2.24, 2.45) is 7.05 Å². The molecule has 0 fully saturated rings. The number of benzene rings is 1. The summed E-state index contributed by atoms with van der Waals surface area (Å²) in [5, 5.41) is 5.34. The zero-order valence-electron chi connectivity index (χ0n) is 18.4. The largest absolute Gasteiger partial charge is 0.339 e. The third-order valence-electron chi connectivity index (χ3n) is 4.69. The predicted octanol–water partition coefficient (Wildman–Crippen LogP) is 6.40. The summed E-state index contributed by atoms with van der Waals surface area (Å²) in [5.41, 5.74) is 7.42. The second-order valence-electron chi connectivity index (χ2n) is 7.58. The van der Waals surface area contributed by atoms with Crippen LogP contribution in [0.5, 0.6) is 0 Å². The second-order valence-corrected chi connectivity index (χ2v) is 8.63. The van der Waals surface area contributed by atoms with Crippen molar-refractivity contribution < 1.29 is 0 Å². The first-order valence-electron chi connectivity index (χ1n) is 9.88. The van der Waals surface area contributed by atoms with E-state index in [9.17, 15) is 0 Å². The summed E-state index contributed by atoms with van der Waals surface area (Å²) in [6.45, 7) is 17.6. The highest BCUT2D eigenvalue weighted by atomic mass is 32.2. The van der Waals surface area contributed by atoms with E-state index in [4.69, 9.17) is 0 Å². The summed E-state index contributed by atoms with van der Waals surface area (Å²) < 4.78 is 1.85. The second kappa shape index (κ2) is 10.9. The standard InChI is InChI=1S/C25H33N3S/c1-8-21(5)25(13-24-14-26-27(7)16-24)17-28(15-19(2)3)22(6)29-18-23-11-9-20(4)10-12-23/h8-12,14,16-17H,2,6,13,15,18H2,1,3-5,7H3/b21-8?,25-17-. The molecule has 0 aliphatic heterocycles. The fourth-order valence-corrected chi connectivity index (χ4v) is 3.68. The summed E-state index contributed by atoms with van der Waals surface area (Å²) in [6.07, 6.45) is 9.22. The maximum absolute atomic E-state index is 4.36. The van der Waals surface area contributed by atoms with E-state index in [0.29, 0.717) is 0 Å². The van der Waals surface area contributed by atoms with Crippen molar-refractivity contribution in [3.8, 4) is 0 Å². The van der Waals surface area contributed by atoms with Gasteiger partial charge in [0.2, 0.25) is 0 Å². The normalized spacial score (nSPS) is 12.2. The number of rotatable bonds is 10. The van der Waals surface area contributed by atoms with Crippen LogP contribution in [0.3, 0.4) is 0 Å². The van der Waals surface area contributed by atoms with Gasteiger partial charge < -0.3 is 4.90 Å². The molecule has 0 spiro atoms. The Balaban J connectivity index is 2.20. The van der Waals surface area contributed by atoms with E-state index in [1.165, 1.54) is 27.8 Å². The summed E-state index contributed by atoms with van der Waals surface area (Å²) in [5.74, 6) is 0.903. The zero-order valence-corrected chi connectivity index (χ0v) is 19.2. The molecular formula is C25H33N3S.